The molecule has 1 aromatic heterocycles. The van der Waals surface area contributed by atoms with E-state index in [0.29, 0.717) is 0 Å². The van der Waals surface area contributed by atoms with E-state index in [2.05, 4.69) is 9.72 Å². The van der Waals surface area contributed by atoms with Crippen LogP contribution in [0.15, 0.2) is 36.7 Å². The zero-order valence-electron chi connectivity index (χ0n) is 10.8. The van der Waals surface area contributed by atoms with Gasteiger partial charge in [-0.2, -0.15) is 13.2 Å². The normalized spacial score (nSPS) is 11.2. The Morgan fingerprint density at radius 2 is 2.00 bits per heavy atom. The van der Waals surface area contributed by atoms with Crippen molar-refractivity contribution >= 4 is 5.97 Å². The van der Waals surface area contributed by atoms with E-state index in [1.807, 2.05) is 0 Å². The summed E-state index contributed by atoms with van der Waals surface area (Å²) in [4.78, 5) is 14.9. The van der Waals surface area contributed by atoms with Crippen LogP contribution in [0.5, 0.6) is 5.75 Å². The zero-order chi connectivity index (χ0) is 15.6. The number of benzene rings is 1. The predicted molar refractivity (Wildman–Crippen MR) is 68.2 cm³/mol. The first-order valence-corrected chi connectivity index (χ1v) is 5.77. The first kappa shape index (κ1) is 14.8. The summed E-state index contributed by atoms with van der Waals surface area (Å²) in [6.07, 6.45) is -2.13. The van der Waals surface area contributed by atoms with Crippen LogP contribution in [-0.4, -0.2) is 23.2 Å². The van der Waals surface area contributed by atoms with E-state index in [0.717, 1.165) is 19.2 Å². The third-order valence-corrected chi connectivity index (χ3v) is 2.87. The van der Waals surface area contributed by atoms with Gasteiger partial charge in [-0.15, -0.1) is 0 Å². The van der Waals surface area contributed by atoms with Gasteiger partial charge in [0.25, 0.3) is 0 Å². The van der Waals surface area contributed by atoms with E-state index < -0.39 is 17.7 Å². The summed E-state index contributed by atoms with van der Waals surface area (Å²) in [7, 11) is 1.14. The molecule has 2 rings (SSSR count). The fourth-order valence-corrected chi connectivity index (χ4v) is 1.91. The summed E-state index contributed by atoms with van der Waals surface area (Å²) < 4.78 is 43.6. The molecule has 0 bridgehead atoms. The molecule has 0 spiro atoms. The number of halogens is 3. The molecule has 0 fully saturated rings. The highest BCUT2D eigenvalue weighted by molar-refractivity contribution is 5.95. The van der Waals surface area contributed by atoms with Gasteiger partial charge in [0, 0.05) is 18.0 Å². The summed E-state index contributed by atoms with van der Waals surface area (Å²) in [6.45, 7) is 0. The van der Waals surface area contributed by atoms with Crippen molar-refractivity contribution in [2.45, 2.75) is 6.18 Å². The molecule has 7 heteroatoms. The minimum absolute atomic E-state index is 0.105. The number of carboxylic acids is 1. The molecule has 0 saturated heterocycles. The lowest BCUT2D eigenvalue weighted by molar-refractivity contribution is -0.138. The number of ether oxygens (including phenoxy) is 1. The standard InChI is InChI=1S/C14H10F3NO3/c1-21-12-3-2-8(6-11(12)14(15,16)17)10-7-18-5-4-9(10)13(19)20/h2-7H,1H3,(H,19,20). The Morgan fingerprint density at radius 1 is 1.29 bits per heavy atom. The Balaban J connectivity index is 2.64. The number of aromatic nitrogens is 1. The Hall–Kier alpha value is -2.57. The second-order valence-corrected chi connectivity index (χ2v) is 4.14. The van der Waals surface area contributed by atoms with Gasteiger partial charge in [0.05, 0.1) is 18.2 Å². The lowest BCUT2D eigenvalue weighted by Crippen LogP contribution is -2.08. The number of pyridine rings is 1. The minimum Gasteiger partial charge on any atom is -0.496 e. The maximum atomic E-state index is 13.0. The van der Waals surface area contributed by atoms with Crippen LogP contribution in [-0.2, 0) is 6.18 Å². The molecule has 110 valence electrons. The predicted octanol–water partition coefficient (Wildman–Crippen LogP) is 3.47. The average molecular weight is 297 g/mol. The Labute approximate surface area is 117 Å². The molecular formula is C14H10F3NO3. The number of aromatic carboxylic acids is 1. The lowest BCUT2D eigenvalue weighted by atomic mass is 9.99. The number of nitrogens with zero attached hydrogens (tertiary/aromatic N) is 1. The third kappa shape index (κ3) is 2.96. The van der Waals surface area contributed by atoms with Gasteiger partial charge in [0.1, 0.15) is 5.75 Å². The van der Waals surface area contributed by atoms with Crippen LogP contribution in [0, 0.1) is 0 Å². The van der Waals surface area contributed by atoms with E-state index in [1.54, 1.807) is 0 Å². The van der Waals surface area contributed by atoms with Crippen LogP contribution < -0.4 is 4.74 Å². The van der Waals surface area contributed by atoms with Crippen molar-refractivity contribution in [3.05, 3.63) is 47.8 Å². The molecule has 0 radical (unpaired) electrons. The molecule has 21 heavy (non-hydrogen) atoms. The Bertz CT molecular complexity index is 683. The molecule has 4 nitrogen and oxygen atoms in total. The van der Waals surface area contributed by atoms with E-state index in [-0.39, 0.29) is 22.4 Å². The highest BCUT2D eigenvalue weighted by Gasteiger charge is 2.34. The fraction of sp³-hybridized carbons (Fsp3) is 0.143. The van der Waals surface area contributed by atoms with Gasteiger partial charge < -0.3 is 9.84 Å². The van der Waals surface area contributed by atoms with Gasteiger partial charge in [-0.1, -0.05) is 6.07 Å². The van der Waals surface area contributed by atoms with Gasteiger partial charge in [-0.05, 0) is 23.8 Å². The van der Waals surface area contributed by atoms with Gasteiger partial charge in [0.15, 0.2) is 0 Å². The summed E-state index contributed by atoms with van der Waals surface area (Å²) in [6, 6.07) is 4.59. The monoisotopic (exact) mass is 297 g/mol. The fourth-order valence-electron chi connectivity index (χ4n) is 1.91. The zero-order valence-corrected chi connectivity index (χ0v) is 10.8. The van der Waals surface area contributed by atoms with Crippen molar-refractivity contribution in [3.63, 3.8) is 0 Å². The maximum Gasteiger partial charge on any atom is 0.419 e. The van der Waals surface area contributed by atoms with Gasteiger partial charge >= 0.3 is 12.1 Å². The summed E-state index contributed by atoms with van der Waals surface area (Å²) >= 11 is 0. The Morgan fingerprint density at radius 3 is 2.57 bits per heavy atom. The van der Waals surface area contributed by atoms with Gasteiger partial charge in [0.2, 0.25) is 0 Å². The SMILES string of the molecule is COc1ccc(-c2cnccc2C(=O)O)cc1C(F)(F)F. The largest absolute Gasteiger partial charge is 0.496 e. The van der Waals surface area contributed by atoms with Crippen molar-refractivity contribution in [2.75, 3.05) is 7.11 Å². The van der Waals surface area contributed by atoms with Gasteiger partial charge in [-0.3, -0.25) is 4.98 Å². The average Bonchev–Trinajstić information content (AvgIpc) is 2.45. The number of carboxylic acid groups (broad SMARTS) is 1. The minimum atomic E-state index is -4.60. The number of alkyl halides is 3. The number of hydrogen-bond acceptors (Lipinski definition) is 3. The molecule has 0 saturated carbocycles. The van der Waals surface area contributed by atoms with Crippen LogP contribution in [0.4, 0.5) is 13.2 Å². The van der Waals surface area contributed by atoms with Crippen LogP contribution in [0.2, 0.25) is 0 Å². The van der Waals surface area contributed by atoms with Crippen molar-refractivity contribution in [1.29, 1.82) is 0 Å². The topological polar surface area (TPSA) is 59.4 Å². The quantitative estimate of drug-likeness (QED) is 0.942. The first-order valence-electron chi connectivity index (χ1n) is 5.77. The maximum absolute atomic E-state index is 13.0. The van der Waals surface area contributed by atoms with Crippen LogP contribution in [0.3, 0.4) is 0 Å². The highest BCUT2D eigenvalue weighted by atomic mass is 19.4. The van der Waals surface area contributed by atoms with E-state index in [1.165, 1.54) is 24.5 Å². The number of rotatable bonds is 3. The second kappa shape index (κ2) is 5.43. The third-order valence-electron chi connectivity index (χ3n) is 2.87. The van der Waals surface area contributed by atoms with Crippen molar-refractivity contribution in [3.8, 4) is 16.9 Å². The summed E-state index contributed by atoms with van der Waals surface area (Å²) in [5.41, 5.74) is -0.877. The molecule has 0 aliphatic carbocycles. The number of methoxy groups -OCH3 is 1. The molecule has 2 aromatic rings. The number of hydrogen-bond donors (Lipinski definition) is 1. The van der Waals surface area contributed by atoms with E-state index in [9.17, 15) is 18.0 Å². The summed E-state index contributed by atoms with van der Waals surface area (Å²) in [5.74, 6) is -1.57. The van der Waals surface area contributed by atoms with Crippen molar-refractivity contribution < 1.29 is 27.8 Å². The molecule has 1 heterocycles. The lowest BCUT2D eigenvalue weighted by Gasteiger charge is -2.14. The molecule has 1 N–H and O–H groups in total. The van der Waals surface area contributed by atoms with E-state index in [4.69, 9.17) is 5.11 Å². The van der Waals surface area contributed by atoms with Crippen molar-refractivity contribution in [2.24, 2.45) is 0 Å². The first-order chi connectivity index (χ1) is 9.84. The second-order valence-electron chi connectivity index (χ2n) is 4.14. The molecular weight excluding hydrogens is 287 g/mol. The van der Waals surface area contributed by atoms with Crippen LogP contribution in [0.1, 0.15) is 15.9 Å². The highest BCUT2D eigenvalue weighted by Crippen LogP contribution is 2.39. The molecule has 0 aliphatic heterocycles. The van der Waals surface area contributed by atoms with Crippen molar-refractivity contribution in [1.82, 2.24) is 4.98 Å². The smallest absolute Gasteiger partial charge is 0.419 e. The molecule has 0 unspecified atom stereocenters. The molecule has 0 aliphatic rings. The summed E-state index contributed by atoms with van der Waals surface area (Å²) in [5, 5.41) is 9.08. The van der Waals surface area contributed by atoms with Crippen LogP contribution in [0.25, 0.3) is 11.1 Å². The van der Waals surface area contributed by atoms with Crippen LogP contribution >= 0.6 is 0 Å². The Kier molecular flexibility index (Phi) is 3.84. The molecule has 0 amide bonds. The van der Waals surface area contributed by atoms with Gasteiger partial charge in [-0.25, -0.2) is 4.79 Å². The molecule has 0 atom stereocenters. The number of carbonyl (C=O) groups is 1. The molecule has 1 aromatic carbocycles. The van der Waals surface area contributed by atoms with E-state index >= 15 is 0 Å².